The lowest BCUT2D eigenvalue weighted by atomic mass is 9.45. The maximum Gasteiger partial charge on any atom is 0.373 e. The summed E-state index contributed by atoms with van der Waals surface area (Å²) in [5.41, 5.74) is 0.406. The van der Waals surface area contributed by atoms with Crippen molar-refractivity contribution in [2.75, 3.05) is 12.5 Å². The summed E-state index contributed by atoms with van der Waals surface area (Å²) in [6, 6.07) is 0. The Labute approximate surface area is 131 Å². The van der Waals surface area contributed by atoms with Crippen molar-refractivity contribution < 1.29 is 26.4 Å². The number of hydrogen-bond donors (Lipinski definition) is 0. The van der Waals surface area contributed by atoms with Crippen LogP contribution in [0.1, 0.15) is 45.4 Å². The summed E-state index contributed by atoms with van der Waals surface area (Å²) in [6.07, 6.45) is 8.58. The zero-order valence-corrected chi connectivity index (χ0v) is 14.7. The highest BCUT2D eigenvalue weighted by atomic mass is 32.2. The Kier molecular flexibility index (Phi) is 3.92. The van der Waals surface area contributed by atoms with Gasteiger partial charge < -0.3 is 0 Å². The van der Waals surface area contributed by atoms with Crippen LogP contribution in [0.15, 0.2) is 0 Å². The van der Waals surface area contributed by atoms with Crippen LogP contribution in [-0.4, -0.2) is 45.0 Å². The van der Waals surface area contributed by atoms with Crippen LogP contribution in [-0.2, 0) is 29.3 Å². The molecule has 0 heterocycles. The SMILES string of the molecule is CC12CC(S(C)(=O)=O)(C1)C2.CS(=O)(=O)C12CC(C1)C2.O=C=O. The van der Waals surface area contributed by atoms with E-state index in [0.717, 1.165) is 44.4 Å². The molecule has 6 aliphatic carbocycles. The van der Waals surface area contributed by atoms with E-state index in [0.29, 0.717) is 5.41 Å². The molecule has 6 saturated carbocycles. The summed E-state index contributed by atoms with van der Waals surface area (Å²) in [5, 5.41) is 0. The molecule has 6 aliphatic rings. The van der Waals surface area contributed by atoms with Crippen LogP contribution in [0.5, 0.6) is 0 Å². The third-order valence-corrected chi connectivity index (χ3v) is 9.88. The summed E-state index contributed by atoms with van der Waals surface area (Å²) >= 11 is 0. The Hall–Kier alpha value is -0.720. The van der Waals surface area contributed by atoms with Gasteiger partial charge in [-0.1, -0.05) is 6.92 Å². The van der Waals surface area contributed by atoms with Crippen molar-refractivity contribution >= 4 is 25.8 Å². The molecule has 6 nitrogen and oxygen atoms in total. The van der Waals surface area contributed by atoms with Gasteiger partial charge in [-0.2, -0.15) is 9.59 Å². The Morgan fingerprint density at radius 3 is 1.18 bits per heavy atom. The fourth-order valence-electron chi connectivity index (χ4n) is 4.42. The maximum atomic E-state index is 11.1. The van der Waals surface area contributed by atoms with Gasteiger partial charge in [0.1, 0.15) is 0 Å². The lowest BCUT2D eigenvalue weighted by molar-refractivity contribution is -0.191. The minimum Gasteiger partial charge on any atom is -0.229 e. The molecule has 0 saturated heterocycles. The minimum absolute atomic E-state index is 0.225. The third kappa shape index (κ3) is 2.55. The fraction of sp³-hybridized carbons (Fsp3) is 0.929. The molecule has 22 heavy (non-hydrogen) atoms. The summed E-state index contributed by atoms with van der Waals surface area (Å²) in [5.74, 6) is 0.764. The first-order valence-corrected chi connectivity index (χ1v) is 11.0. The van der Waals surface area contributed by atoms with E-state index in [-0.39, 0.29) is 15.6 Å². The first kappa shape index (κ1) is 17.6. The molecule has 8 heteroatoms. The van der Waals surface area contributed by atoms with Gasteiger partial charge in [0.25, 0.3) is 0 Å². The van der Waals surface area contributed by atoms with Gasteiger partial charge in [0, 0.05) is 12.5 Å². The second-order valence-corrected chi connectivity index (χ2v) is 12.6. The summed E-state index contributed by atoms with van der Waals surface area (Å²) < 4.78 is 43.7. The standard InChI is InChI=1S/C7H12O2S.C6H10O2S.CO2/c1-6-3-7(4-6,5-6)10(2,8)9;1-9(7,8)6-2-5(3-6)4-6;2-1-3/h3-5H2,1-2H3;5H,2-4H2,1H3;. The quantitative estimate of drug-likeness (QED) is 0.735. The summed E-state index contributed by atoms with van der Waals surface area (Å²) in [7, 11) is -5.44. The van der Waals surface area contributed by atoms with Crippen LogP contribution in [0.2, 0.25) is 0 Å². The van der Waals surface area contributed by atoms with Crippen LogP contribution in [0.3, 0.4) is 0 Å². The smallest absolute Gasteiger partial charge is 0.229 e. The van der Waals surface area contributed by atoms with Crippen molar-refractivity contribution in [2.45, 2.75) is 54.9 Å². The van der Waals surface area contributed by atoms with Gasteiger partial charge in [-0.3, -0.25) is 0 Å². The average Bonchev–Trinajstić information content (AvgIpc) is 2.03. The molecule has 0 radical (unpaired) electrons. The number of hydrogen-bond acceptors (Lipinski definition) is 6. The van der Waals surface area contributed by atoms with Gasteiger partial charge in [0.2, 0.25) is 0 Å². The fourth-order valence-corrected chi connectivity index (χ4v) is 7.87. The molecule has 0 aromatic carbocycles. The van der Waals surface area contributed by atoms with Gasteiger partial charge in [0.15, 0.2) is 19.7 Å². The molecule has 126 valence electrons. The molecule has 0 atom stereocenters. The zero-order chi connectivity index (χ0) is 17.0. The Morgan fingerprint density at radius 2 is 1.14 bits per heavy atom. The molecule has 6 rings (SSSR count). The van der Waals surface area contributed by atoms with Crippen molar-refractivity contribution in [3.05, 3.63) is 0 Å². The van der Waals surface area contributed by atoms with E-state index in [1.807, 2.05) is 0 Å². The minimum atomic E-state index is -2.74. The van der Waals surface area contributed by atoms with Gasteiger partial charge >= 0.3 is 6.15 Å². The number of sulfone groups is 2. The van der Waals surface area contributed by atoms with E-state index < -0.39 is 19.7 Å². The van der Waals surface area contributed by atoms with Crippen LogP contribution in [0.25, 0.3) is 0 Å². The van der Waals surface area contributed by atoms with Crippen LogP contribution in [0, 0.1) is 11.3 Å². The molecule has 0 spiro atoms. The second-order valence-electron chi connectivity index (χ2n) is 7.81. The van der Waals surface area contributed by atoms with Crippen LogP contribution < -0.4 is 0 Å². The topological polar surface area (TPSA) is 102 Å². The van der Waals surface area contributed by atoms with E-state index in [1.54, 1.807) is 0 Å². The molecule has 0 aromatic rings. The van der Waals surface area contributed by atoms with E-state index in [9.17, 15) is 16.8 Å². The highest BCUT2D eigenvalue weighted by molar-refractivity contribution is 7.92. The lowest BCUT2D eigenvalue weighted by Gasteiger charge is -2.68. The van der Waals surface area contributed by atoms with Crippen molar-refractivity contribution in [1.82, 2.24) is 0 Å². The molecule has 0 unspecified atom stereocenters. The highest BCUT2D eigenvalue weighted by Gasteiger charge is 2.70. The first-order valence-electron chi connectivity index (χ1n) is 7.21. The Morgan fingerprint density at radius 1 is 0.818 bits per heavy atom. The predicted molar refractivity (Wildman–Crippen MR) is 79.5 cm³/mol. The molecule has 0 aliphatic heterocycles. The van der Waals surface area contributed by atoms with Crippen LogP contribution in [0.4, 0.5) is 0 Å². The van der Waals surface area contributed by atoms with E-state index in [1.165, 1.54) is 12.5 Å². The normalized spacial score (nSPS) is 43.1. The summed E-state index contributed by atoms with van der Waals surface area (Å²) in [4.78, 5) is 16.2. The monoisotopic (exact) mass is 350 g/mol. The second kappa shape index (κ2) is 4.89. The van der Waals surface area contributed by atoms with Crippen LogP contribution >= 0.6 is 0 Å². The molecule has 0 aromatic heterocycles. The largest absolute Gasteiger partial charge is 0.373 e. The number of rotatable bonds is 2. The van der Waals surface area contributed by atoms with Gasteiger partial charge in [-0.05, 0) is 49.9 Å². The van der Waals surface area contributed by atoms with Gasteiger partial charge in [-0.25, -0.2) is 16.8 Å². The highest BCUT2D eigenvalue weighted by Crippen LogP contribution is 2.70. The van der Waals surface area contributed by atoms with E-state index >= 15 is 0 Å². The molecule has 4 bridgehead atoms. The molecule has 6 fully saturated rings. The average molecular weight is 350 g/mol. The van der Waals surface area contributed by atoms with Crippen molar-refractivity contribution in [1.29, 1.82) is 0 Å². The molecular weight excluding hydrogens is 328 g/mol. The van der Waals surface area contributed by atoms with Crippen molar-refractivity contribution in [3.63, 3.8) is 0 Å². The Balaban J connectivity index is 0.000000137. The van der Waals surface area contributed by atoms with Crippen molar-refractivity contribution in [2.24, 2.45) is 11.3 Å². The predicted octanol–water partition coefficient (Wildman–Crippen LogP) is 0.974. The van der Waals surface area contributed by atoms with E-state index in [4.69, 9.17) is 9.59 Å². The third-order valence-electron chi connectivity index (χ3n) is 5.80. The maximum absolute atomic E-state index is 11.1. The van der Waals surface area contributed by atoms with E-state index in [2.05, 4.69) is 6.92 Å². The molecule has 0 N–H and O–H groups in total. The summed E-state index contributed by atoms with van der Waals surface area (Å²) in [6.45, 7) is 2.17. The Bertz CT molecular complexity index is 676. The lowest BCUT2D eigenvalue weighted by Crippen LogP contribution is -2.68. The first-order chi connectivity index (χ1) is 9.82. The van der Waals surface area contributed by atoms with Crippen molar-refractivity contribution in [3.8, 4) is 0 Å². The van der Waals surface area contributed by atoms with Gasteiger partial charge in [-0.15, -0.1) is 0 Å². The molecular formula is C14H22O6S2. The zero-order valence-electron chi connectivity index (χ0n) is 13.1. The van der Waals surface area contributed by atoms with Gasteiger partial charge in [0.05, 0.1) is 9.49 Å². The number of carbonyl (C=O) groups excluding carboxylic acids is 2. The molecule has 0 amide bonds.